The molecule has 7 nitrogen and oxygen atoms in total. The molecule has 2 aromatic carbocycles. The van der Waals surface area contributed by atoms with Crippen LogP contribution >= 0.6 is 11.6 Å². The standard InChI is InChI=1S/C20H14ClF3N4O3/c21-11-18(29)25-15-10-13(6-8-16(15)31-20(22,23)24)19(30)26-17-9-7-14(27-28-17)12-4-2-1-3-5-12/h1-10H,11H2,(H,25,29)(H,26,28,30). The van der Waals surface area contributed by atoms with E-state index in [1.54, 1.807) is 6.07 Å². The molecular formula is C20H14ClF3N4O3. The molecular weight excluding hydrogens is 437 g/mol. The van der Waals surface area contributed by atoms with Gasteiger partial charge in [-0.25, -0.2) is 0 Å². The number of ether oxygens (including phenoxy) is 1. The van der Waals surface area contributed by atoms with E-state index in [1.165, 1.54) is 6.07 Å². The Hall–Kier alpha value is -3.66. The fourth-order valence-electron chi connectivity index (χ4n) is 2.52. The van der Waals surface area contributed by atoms with Crippen molar-refractivity contribution >= 4 is 34.9 Å². The molecule has 0 spiro atoms. The average Bonchev–Trinajstić information content (AvgIpc) is 2.75. The van der Waals surface area contributed by atoms with Crippen molar-refractivity contribution in [3.05, 3.63) is 66.2 Å². The third-order valence-electron chi connectivity index (χ3n) is 3.84. The predicted octanol–water partition coefficient (Wildman–Crippen LogP) is 4.47. The van der Waals surface area contributed by atoms with E-state index < -0.39 is 29.8 Å². The van der Waals surface area contributed by atoms with Crippen molar-refractivity contribution in [2.45, 2.75) is 6.36 Å². The van der Waals surface area contributed by atoms with E-state index in [-0.39, 0.29) is 17.1 Å². The lowest BCUT2D eigenvalue weighted by Crippen LogP contribution is -2.21. The molecule has 0 aliphatic carbocycles. The van der Waals surface area contributed by atoms with Gasteiger partial charge in [0.15, 0.2) is 11.6 Å². The SMILES string of the molecule is O=C(CCl)Nc1cc(C(=O)Nc2ccc(-c3ccccc3)nn2)ccc1OC(F)(F)F. The Morgan fingerprint density at radius 1 is 0.968 bits per heavy atom. The molecule has 0 radical (unpaired) electrons. The van der Waals surface area contributed by atoms with E-state index in [0.717, 1.165) is 23.8 Å². The molecule has 0 aliphatic rings. The highest BCUT2D eigenvalue weighted by Gasteiger charge is 2.32. The fraction of sp³-hybridized carbons (Fsp3) is 0.100. The number of anilines is 2. The number of aromatic nitrogens is 2. The summed E-state index contributed by atoms with van der Waals surface area (Å²) in [5.41, 5.74) is 1.03. The van der Waals surface area contributed by atoms with Gasteiger partial charge in [0.05, 0.1) is 11.4 Å². The smallest absolute Gasteiger partial charge is 0.404 e. The first-order chi connectivity index (χ1) is 14.7. The van der Waals surface area contributed by atoms with Gasteiger partial charge in [0.25, 0.3) is 5.91 Å². The van der Waals surface area contributed by atoms with Gasteiger partial charge in [-0.3, -0.25) is 9.59 Å². The minimum absolute atomic E-state index is 0.0478. The zero-order valence-electron chi connectivity index (χ0n) is 15.6. The molecule has 3 rings (SSSR count). The Bertz CT molecular complexity index is 1080. The normalized spacial score (nSPS) is 11.0. The van der Waals surface area contributed by atoms with Gasteiger partial charge in [-0.2, -0.15) is 0 Å². The van der Waals surface area contributed by atoms with Crippen molar-refractivity contribution in [3.8, 4) is 17.0 Å². The zero-order valence-corrected chi connectivity index (χ0v) is 16.4. The zero-order chi connectivity index (χ0) is 22.4. The molecule has 0 saturated carbocycles. The Morgan fingerprint density at radius 2 is 1.71 bits per heavy atom. The summed E-state index contributed by atoms with van der Waals surface area (Å²) in [6.07, 6.45) is -4.99. The maximum Gasteiger partial charge on any atom is 0.573 e. The summed E-state index contributed by atoms with van der Waals surface area (Å²) in [5, 5.41) is 12.6. The number of alkyl halides is 4. The number of halogens is 4. The van der Waals surface area contributed by atoms with Crippen LogP contribution in [-0.2, 0) is 4.79 Å². The molecule has 0 bridgehead atoms. The van der Waals surface area contributed by atoms with Gasteiger partial charge in [-0.1, -0.05) is 30.3 Å². The lowest BCUT2D eigenvalue weighted by atomic mass is 10.1. The second-order valence-corrected chi connectivity index (χ2v) is 6.33. The third-order valence-corrected chi connectivity index (χ3v) is 4.08. The largest absolute Gasteiger partial charge is 0.573 e. The van der Waals surface area contributed by atoms with Crippen molar-refractivity contribution in [2.75, 3.05) is 16.5 Å². The minimum Gasteiger partial charge on any atom is -0.404 e. The van der Waals surface area contributed by atoms with Crippen molar-refractivity contribution in [2.24, 2.45) is 0 Å². The fourth-order valence-corrected chi connectivity index (χ4v) is 2.58. The minimum atomic E-state index is -4.99. The number of carbonyl (C=O) groups excluding carboxylic acids is 2. The summed E-state index contributed by atoms with van der Waals surface area (Å²) in [6, 6.07) is 15.5. The first-order valence-corrected chi connectivity index (χ1v) is 9.25. The van der Waals surface area contributed by atoms with E-state index in [1.807, 2.05) is 30.3 Å². The Kier molecular flexibility index (Phi) is 6.71. The summed E-state index contributed by atoms with van der Waals surface area (Å²) in [6.45, 7) is 0. The molecule has 1 aromatic heterocycles. The highest BCUT2D eigenvalue weighted by Crippen LogP contribution is 2.31. The van der Waals surface area contributed by atoms with Gasteiger partial charge in [0, 0.05) is 11.1 Å². The first-order valence-electron chi connectivity index (χ1n) is 8.71. The maximum absolute atomic E-state index is 12.6. The maximum atomic E-state index is 12.6. The first kappa shape index (κ1) is 22.0. The molecule has 2 amide bonds. The molecule has 11 heteroatoms. The van der Waals surface area contributed by atoms with E-state index in [9.17, 15) is 22.8 Å². The van der Waals surface area contributed by atoms with Crippen LogP contribution in [-0.4, -0.2) is 34.3 Å². The van der Waals surface area contributed by atoms with Crippen molar-refractivity contribution in [1.82, 2.24) is 10.2 Å². The van der Waals surface area contributed by atoms with Crippen LogP contribution < -0.4 is 15.4 Å². The molecule has 3 aromatic rings. The van der Waals surface area contributed by atoms with Crippen LogP contribution in [0.3, 0.4) is 0 Å². The monoisotopic (exact) mass is 450 g/mol. The summed E-state index contributed by atoms with van der Waals surface area (Å²) < 4.78 is 41.6. The number of nitrogens with one attached hydrogen (secondary N) is 2. The molecule has 0 aliphatic heterocycles. The highest BCUT2D eigenvalue weighted by atomic mass is 35.5. The quantitative estimate of drug-likeness (QED) is 0.540. The van der Waals surface area contributed by atoms with Gasteiger partial charge < -0.3 is 15.4 Å². The summed E-state index contributed by atoms with van der Waals surface area (Å²) in [5.74, 6) is -2.50. The number of amides is 2. The average molecular weight is 451 g/mol. The number of hydrogen-bond acceptors (Lipinski definition) is 5. The van der Waals surface area contributed by atoms with Crippen molar-refractivity contribution in [3.63, 3.8) is 0 Å². The van der Waals surface area contributed by atoms with Crippen molar-refractivity contribution < 1.29 is 27.5 Å². The van der Waals surface area contributed by atoms with Crippen LogP contribution in [0.1, 0.15) is 10.4 Å². The number of hydrogen-bond donors (Lipinski definition) is 2. The Balaban J connectivity index is 1.79. The van der Waals surface area contributed by atoms with Gasteiger partial charge >= 0.3 is 6.36 Å². The van der Waals surface area contributed by atoms with Crippen LogP contribution in [0.2, 0.25) is 0 Å². The second kappa shape index (κ2) is 9.43. The molecule has 160 valence electrons. The topological polar surface area (TPSA) is 93.2 Å². The van der Waals surface area contributed by atoms with Crippen LogP contribution in [0, 0.1) is 0 Å². The highest BCUT2D eigenvalue weighted by molar-refractivity contribution is 6.29. The van der Waals surface area contributed by atoms with Gasteiger partial charge in [-0.05, 0) is 30.3 Å². The molecule has 0 unspecified atom stereocenters. The van der Waals surface area contributed by atoms with Crippen molar-refractivity contribution in [1.29, 1.82) is 0 Å². The number of nitrogens with zero attached hydrogens (tertiary/aromatic N) is 2. The molecule has 0 atom stereocenters. The lowest BCUT2D eigenvalue weighted by molar-refractivity contribution is -0.274. The van der Waals surface area contributed by atoms with Crippen LogP contribution in [0.5, 0.6) is 5.75 Å². The number of benzene rings is 2. The summed E-state index contributed by atoms with van der Waals surface area (Å²) >= 11 is 5.38. The van der Waals surface area contributed by atoms with E-state index in [4.69, 9.17) is 11.6 Å². The predicted molar refractivity (Wildman–Crippen MR) is 108 cm³/mol. The van der Waals surface area contributed by atoms with Crippen LogP contribution in [0.25, 0.3) is 11.3 Å². The van der Waals surface area contributed by atoms with E-state index >= 15 is 0 Å². The number of carbonyl (C=O) groups is 2. The van der Waals surface area contributed by atoms with E-state index in [2.05, 4.69) is 25.6 Å². The van der Waals surface area contributed by atoms with E-state index in [0.29, 0.717) is 5.69 Å². The molecule has 0 fully saturated rings. The van der Waals surface area contributed by atoms with Gasteiger partial charge in [0.1, 0.15) is 5.88 Å². The molecule has 1 heterocycles. The molecule has 2 N–H and O–H groups in total. The third kappa shape index (κ3) is 6.16. The Labute approximate surface area is 179 Å². The van der Waals surface area contributed by atoms with Gasteiger partial charge in [-0.15, -0.1) is 35.0 Å². The Morgan fingerprint density at radius 3 is 2.32 bits per heavy atom. The van der Waals surface area contributed by atoms with Crippen LogP contribution in [0.15, 0.2) is 60.7 Å². The molecule has 31 heavy (non-hydrogen) atoms. The number of rotatable bonds is 6. The van der Waals surface area contributed by atoms with Gasteiger partial charge in [0.2, 0.25) is 5.91 Å². The summed E-state index contributed by atoms with van der Waals surface area (Å²) in [4.78, 5) is 24.0. The summed E-state index contributed by atoms with van der Waals surface area (Å²) in [7, 11) is 0. The second-order valence-electron chi connectivity index (χ2n) is 6.06. The van der Waals surface area contributed by atoms with Crippen LogP contribution in [0.4, 0.5) is 24.7 Å². The molecule has 0 saturated heterocycles. The lowest BCUT2D eigenvalue weighted by Gasteiger charge is -2.15.